The van der Waals surface area contributed by atoms with Gasteiger partial charge in [-0.25, -0.2) is 4.79 Å². The minimum Gasteiger partial charge on any atom is -0.488 e. The molecule has 1 heterocycles. The van der Waals surface area contributed by atoms with E-state index in [2.05, 4.69) is 20.9 Å². The van der Waals surface area contributed by atoms with Crippen LogP contribution in [0.1, 0.15) is 11.1 Å². The van der Waals surface area contributed by atoms with Crippen LogP contribution >= 0.6 is 15.9 Å². The topological polar surface area (TPSA) is 59.4 Å². The van der Waals surface area contributed by atoms with E-state index in [-0.39, 0.29) is 0 Å². The highest BCUT2D eigenvalue weighted by atomic mass is 79.9. The number of ether oxygens (including phenoxy) is 1. The summed E-state index contributed by atoms with van der Waals surface area (Å²) >= 11 is 3.35. The summed E-state index contributed by atoms with van der Waals surface area (Å²) in [6, 6.07) is 9.19. The van der Waals surface area contributed by atoms with E-state index >= 15 is 0 Å². The zero-order valence-corrected chi connectivity index (χ0v) is 12.1. The summed E-state index contributed by atoms with van der Waals surface area (Å²) < 4.78 is 6.59. The fraction of sp³-hybridized carbons (Fsp3) is 0.0667. The Bertz CT molecular complexity index is 641. The fourth-order valence-corrected chi connectivity index (χ4v) is 2.02. The van der Waals surface area contributed by atoms with Crippen molar-refractivity contribution >= 4 is 28.0 Å². The van der Waals surface area contributed by atoms with Gasteiger partial charge in [-0.3, -0.25) is 4.98 Å². The van der Waals surface area contributed by atoms with E-state index in [9.17, 15) is 4.79 Å². The quantitative estimate of drug-likeness (QED) is 0.850. The van der Waals surface area contributed by atoms with E-state index in [1.165, 1.54) is 6.08 Å². The van der Waals surface area contributed by atoms with Crippen LogP contribution in [0.25, 0.3) is 6.08 Å². The summed E-state index contributed by atoms with van der Waals surface area (Å²) in [6.07, 6.45) is 6.02. The van der Waals surface area contributed by atoms with Crippen LogP contribution in [0.2, 0.25) is 0 Å². The molecular weight excluding hydrogens is 322 g/mol. The summed E-state index contributed by atoms with van der Waals surface area (Å²) in [5.74, 6) is -0.360. The Morgan fingerprint density at radius 2 is 2.15 bits per heavy atom. The molecule has 0 unspecified atom stereocenters. The second kappa shape index (κ2) is 6.86. The molecule has 1 aromatic carbocycles. The highest BCUT2D eigenvalue weighted by Gasteiger charge is 2.02. The van der Waals surface area contributed by atoms with E-state index in [0.29, 0.717) is 12.4 Å². The molecule has 1 N–H and O–H groups in total. The smallest absolute Gasteiger partial charge is 0.328 e. The van der Waals surface area contributed by atoms with Gasteiger partial charge in [0.2, 0.25) is 0 Å². The van der Waals surface area contributed by atoms with Crippen molar-refractivity contribution in [2.75, 3.05) is 0 Å². The van der Waals surface area contributed by atoms with Gasteiger partial charge in [-0.15, -0.1) is 0 Å². The zero-order valence-electron chi connectivity index (χ0n) is 10.5. The Hall–Kier alpha value is -2.14. The number of para-hydroxylation sites is 1. The lowest BCUT2D eigenvalue weighted by Gasteiger charge is -2.09. The first-order chi connectivity index (χ1) is 9.65. The van der Waals surface area contributed by atoms with Gasteiger partial charge < -0.3 is 9.84 Å². The molecule has 2 rings (SSSR count). The lowest BCUT2D eigenvalue weighted by molar-refractivity contribution is -0.131. The lowest BCUT2D eigenvalue weighted by atomic mass is 10.2. The van der Waals surface area contributed by atoms with E-state index in [0.717, 1.165) is 21.7 Å². The molecule has 0 aliphatic rings. The average Bonchev–Trinajstić information content (AvgIpc) is 2.44. The van der Waals surface area contributed by atoms with Crippen LogP contribution in [-0.4, -0.2) is 16.1 Å². The molecule has 0 bridgehead atoms. The maximum absolute atomic E-state index is 10.6. The first kappa shape index (κ1) is 14.3. The Morgan fingerprint density at radius 1 is 1.35 bits per heavy atom. The van der Waals surface area contributed by atoms with E-state index in [1.54, 1.807) is 24.5 Å². The minimum atomic E-state index is -0.990. The molecule has 1 aromatic heterocycles. The number of carbonyl (C=O) groups is 1. The molecule has 0 saturated carbocycles. The number of hydrogen-bond donors (Lipinski definition) is 1. The molecule has 0 atom stereocenters. The lowest BCUT2D eigenvalue weighted by Crippen LogP contribution is -1.97. The van der Waals surface area contributed by atoms with Gasteiger partial charge in [0.1, 0.15) is 12.4 Å². The predicted molar refractivity (Wildman–Crippen MR) is 79.4 cm³/mol. The number of aliphatic carboxylic acids is 1. The van der Waals surface area contributed by atoms with Crippen LogP contribution in [0.15, 0.2) is 53.3 Å². The Morgan fingerprint density at radius 3 is 2.90 bits per heavy atom. The Balaban J connectivity index is 2.11. The van der Waals surface area contributed by atoms with Crippen LogP contribution in [0.4, 0.5) is 0 Å². The molecule has 0 saturated heterocycles. The number of halogens is 1. The maximum Gasteiger partial charge on any atom is 0.328 e. The molecule has 0 radical (unpaired) electrons. The van der Waals surface area contributed by atoms with Crippen molar-refractivity contribution in [2.45, 2.75) is 6.61 Å². The molecule has 4 nitrogen and oxygen atoms in total. The molecule has 2 aromatic rings. The number of aromatic nitrogens is 1. The van der Waals surface area contributed by atoms with Crippen molar-refractivity contribution < 1.29 is 14.6 Å². The van der Waals surface area contributed by atoms with Crippen molar-refractivity contribution in [3.63, 3.8) is 0 Å². The van der Waals surface area contributed by atoms with Gasteiger partial charge in [0.25, 0.3) is 0 Å². The number of pyridine rings is 1. The number of benzene rings is 1. The molecule has 0 aliphatic carbocycles. The number of rotatable bonds is 5. The predicted octanol–water partition coefficient (Wildman–Crippen LogP) is 3.52. The van der Waals surface area contributed by atoms with E-state index in [1.807, 2.05) is 18.2 Å². The van der Waals surface area contributed by atoms with Crippen LogP contribution < -0.4 is 4.74 Å². The van der Waals surface area contributed by atoms with Crippen LogP contribution in [0.3, 0.4) is 0 Å². The first-order valence-corrected chi connectivity index (χ1v) is 6.67. The normalized spacial score (nSPS) is 10.7. The van der Waals surface area contributed by atoms with E-state index in [4.69, 9.17) is 9.84 Å². The van der Waals surface area contributed by atoms with Crippen LogP contribution in [-0.2, 0) is 11.4 Å². The summed E-state index contributed by atoms with van der Waals surface area (Å²) in [7, 11) is 0. The standard InChI is InChI=1S/C15H12BrNO3/c16-13-7-11(8-17-9-13)10-20-14-4-2-1-3-12(14)5-6-15(18)19/h1-9H,10H2,(H,18,19)/b6-5+. The van der Waals surface area contributed by atoms with Crippen molar-refractivity contribution in [1.82, 2.24) is 4.98 Å². The molecule has 0 amide bonds. The van der Waals surface area contributed by atoms with Gasteiger partial charge >= 0.3 is 5.97 Å². The number of carboxylic acids is 1. The molecular formula is C15H12BrNO3. The SMILES string of the molecule is O=C(O)/C=C/c1ccccc1OCc1cncc(Br)c1. The molecule has 5 heteroatoms. The summed E-state index contributed by atoms with van der Waals surface area (Å²) in [6.45, 7) is 0.365. The first-order valence-electron chi connectivity index (χ1n) is 5.87. The van der Waals surface area contributed by atoms with Crippen molar-refractivity contribution in [2.24, 2.45) is 0 Å². The summed E-state index contributed by atoms with van der Waals surface area (Å²) in [5, 5.41) is 8.66. The second-order valence-corrected chi connectivity index (χ2v) is 4.93. The highest BCUT2D eigenvalue weighted by molar-refractivity contribution is 9.10. The van der Waals surface area contributed by atoms with Crippen molar-refractivity contribution in [3.05, 3.63) is 64.4 Å². The van der Waals surface area contributed by atoms with E-state index < -0.39 is 5.97 Å². The average molecular weight is 334 g/mol. The summed E-state index contributed by atoms with van der Waals surface area (Å²) in [4.78, 5) is 14.6. The monoisotopic (exact) mass is 333 g/mol. The maximum atomic E-state index is 10.6. The molecule has 0 fully saturated rings. The highest BCUT2D eigenvalue weighted by Crippen LogP contribution is 2.21. The minimum absolute atomic E-state index is 0.365. The van der Waals surface area contributed by atoms with Crippen LogP contribution in [0, 0.1) is 0 Å². The van der Waals surface area contributed by atoms with Gasteiger partial charge in [-0.05, 0) is 34.1 Å². The largest absolute Gasteiger partial charge is 0.488 e. The molecule has 0 aliphatic heterocycles. The Kier molecular flexibility index (Phi) is 4.90. The third-order valence-electron chi connectivity index (χ3n) is 2.48. The van der Waals surface area contributed by atoms with Gasteiger partial charge in [0.05, 0.1) is 0 Å². The third kappa shape index (κ3) is 4.20. The van der Waals surface area contributed by atoms with Gasteiger partial charge in [-0.2, -0.15) is 0 Å². The Labute approximate surface area is 124 Å². The number of nitrogens with zero attached hydrogens (tertiary/aromatic N) is 1. The van der Waals surface area contributed by atoms with Crippen molar-refractivity contribution in [3.8, 4) is 5.75 Å². The molecule has 102 valence electrons. The number of carboxylic acid groups (broad SMARTS) is 1. The van der Waals surface area contributed by atoms with Gasteiger partial charge in [-0.1, -0.05) is 18.2 Å². The van der Waals surface area contributed by atoms with Crippen LogP contribution in [0.5, 0.6) is 5.75 Å². The third-order valence-corrected chi connectivity index (χ3v) is 2.91. The fourth-order valence-electron chi connectivity index (χ4n) is 1.61. The second-order valence-electron chi connectivity index (χ2n) is 4.01. The number of hydrogen-bond acceptors (Lipinski definition) is 3. The van der Waals surface area contributed by atoms with Crippen molar-refractivity contribution in [1.29, 1.82) is 0 Å². The van der Waals surface area contributed by atoms with Gasteiger partial charge in [0, 0.05) is 34.1 Å². The molecule has 20 heavy (non-hydrogen) atoms. The molecule has 0 spiro atoms. The summed E-state index contributed by atoms with van der Waals surface area (Å²) in [5.41, 5.74) is 1.65. The zero-order chi connectivity index (χ0) is 14.4. The van der Waals surface area contributed by atoms with Gasteiger partial charge in [0.15, 0.2) is 0 Å².